The molecule has 25 heavy (non-hydrogen) atoms. The minimum absolute atomic E-state index is 0.270. The molecule has 0 unspecified atom stereocenters. The average Bonchev–Trinajstić information content (AvgIpc) is 2.64. The van der Waals surface area contributed by atoms with Gasteiger partial charge in [0.1, 0.15) is 11.6 Å². The molecule has 0 amide bonds. The van der Waals surface area contributed by atoms with Gasteiger partial charge in [-0.2, -0.15) is 0 Å². The Bertz CT molecular complexity index is 544. The second-order valence-corrected chi connectivity index (χ2v) is 7.66. The summed E-state index contributed by atoms with van der Waals surface area (Å²) in [7, 11) is 0. The maximum atomic E-state index is 9.60. The second kappa shape index (κ2) is 8.95. The molecule has 1 aromatic rings. The normalized spacial score (nSPS) is 23.2. The fourth-order valence-corrected chi connectivity index (χ4v) is 4.56. The molecule has 1 saturated carbocycles. The van der Waals surface area contributed by atoms with E-state index in [0.717, 1.165) is 56.6 Å². The van der Waals surface area contributed by atoms with Gasteiger partial charge in [0.05, 0.1) is 0 Å². The van der Waals surface area contributed by atoms with Crippen molar-refractivity contribution in [2.45, 2.75) is 77.3 Å². The molecule has 3 rings (SSSR count). The molecule has 1 N–H and O–H groups in total. The van der Waals surface area contributed by atoms with E-state index >= 15 is 0 Å². The number of aliphatic hydroxyl groups is 1. The Hall–Kier alpha value is -1.20. The van der Waals surface area contributed by atoms with Crippen molar-refractivity contribution in [2.75, 3.05) is 31.1 Å². The Balaban J connectivity index is 1.76. The summed E-state index contributed by atoms with van der Waals surface area (Å²) in [5, 5.41) is 9.60. The topological polar surface area (TPSA) is 52.5 Å². The van der Waals surface area contributed by atoms with Crippen molar-refractivity contribution < 1.29 is 5.11 Å². The van der Waals surface area contributed by atoms with E-state index in [-0.39, 0.29) is 6.61 Å². The smallest absolute Gasteiger partial charge is 0.135 e. The fraction of sp³-hybridized carbons (Fsp3) is 0.800. The van der Waals surface area contributed by atoms with Crippen LogP contribution in [0.3, 0.4) is 0 Å². The molecule has 1 saturated heterocycles. The van der Waals surface area contributed by atoms with Crippen LogP contribution in [-0.4, -0.2) is 58.3 Å². The number of anilines is 1. The van der Waals surface area contributed by atoms with Crippen molar-refractivity contribution in [1.29, 1.82) is 0 Å². The van der Waals surface area contributed by atoms with Gasteiger partial charge in [-0.25, -0.2) is 9.97 Å². The molecule has 2 aliphatic rings. The molecule has 5 nitrogen and oxygen atoms in total. The predicted molar refractivity (Wildman–Crippen MR) is 102 cm³/mol. The maximum absolute atomic E-state index is 9.60. The first kappa shape index (κ1) is 18.6. The second-order valence-electron chi connectivity index (χ2n) is 7.66. The molecule has 1 aliphatic carbocycles. The van der Waals surface area contributed by atoms with Gasteiger partial charge >= 0.3 is 0 Å². The van der Waals surface area contributed by atoms with Crippen molar-refractivity contribution in [3.05, 3.63) is 17.6 Å². The van der Waals surface area contributed by atoms with Gasteiger partial charge in [0, 0.05) is 50.1 Å². The molecular weight excluding hydrogens is 312 g/mol. The zero-order valence-corrected chi connectivity index (χ0v) is 16.0. The van der Waals surface area contributed by atoms with Crippen molar-refractivity contribution in [1.82, 2.24) is 14.9 Å². The molecule has 1 aromatic heterocycles. The lowest BCUT2D eigenvalue weighted by atomic mass is 9.91. The molecule has 2 heterocycles. The van der Waals surface area contributed by atoms with Gasteiger partial charge in [-0.15, -0.1) is 0 Å². The van der Waals surface area contributed by atoms with Crippen LogP contribution < -0.4 is 4.90 Å². The number of aliphatic hydroxyl groups excluding tert-OH is 1. The largest absolute Gasteiger partial charge is 0.396 e. The van der Waals surface area contributed by atoms with Crippen LogP contribution in [0.2, 0.25) is 0 Å². The monoisotopic (exact) mass is 346 g/mol. The number of aromatic nitrogens is 2. The third-order valence-corrected chi connectivity index (χ3v) is 5.82. The van der Waals surface area contributed by atoms with Crippen LogP contribution in [0.5, 0.6) is 0 Å². The van der Waals surface area contributed by atoms with E-state index in [1.807, 2.05) is 13.1 Å². The van der Waals surface area contributed by atoms with Crippen LogP contribution in [0.25, 0.3) is 0 Å². The Morgan fingerprint density at radius 1 is 1.20 bits per heavy atom. The summed E-state index contributed by atoms with van der Waals surface area (Å²) in [6.07, 6.45) is 11.8. The standard InChI is InChI=1S/C20H34N4O/c1-3-7-17-14-21-16(2)22-20(17)23-11-12-24(19(15-23)10-13-25)18-8-5-4-6-9-18/h14,18-19,25H,3-13,15H2,1-2H3/t19-/m1/s1. The van der Waals surface area contributed by atoms with Crippen molar-refractivity contribution in [3.63, 3.8) is 0 Å². The number of hydrogen-bond donors (Lipinski definition) is 1. The van der Waals surface area contributed by atoms with Gasteiger partial charge < -0.3 is 10.0 Å². The van der Waals surface area contributed by atoms with Gasteiger partial charge in [0.2, 0.25) is 0 Å². The first-order valence-corrected chi connectivity index (χ1v) is 10.2. The van der Waals surface area contributed by atoms with Crippen molar-refractivity contribution >= 4 is 5.82 Å². The Morgan fingerprint density at radius 3 is 2.72 bits per heavy atom. The van der Waals surface area contributed by atoms with Crippen molar-refractivity contribution in [3.8, 4) is 0 Å². The molecule has 0 aromatic carbocycles. The number of nitrogens with zero attached hydrogens (tertiary/aromatic N) is 4. The van der Waals surface area contributed by atoms with Crippen molar-refractivity contribution in [2.24, 2.45) is 0 Å². The van der Waals surface area contributed by atoms with Crippen LogP contribution in [0.4, 0.5) is 5.82 Å². The SMILES string of the molecule is CCCc1cnc(C)nc1N1CCN(C2CCCCC2)[C@H](CCO)C1. The van der Waals surface area contributed by atoms with E-state index in [1.54, 1.807) is 0 Å². The summed E-state index contributed by atoms with van der Waals surface area (Å²) < 4.78 is 0. The molecule has 1 atom stereocenters. The Morgan fingerprint density at radius 2 is 2.00 bits per heavy atom. The summed E-state index contributed by atoms with van der Waals surface area (Å²) in [6.45, 7) is 7.55. The zero-order chi connectivity index (χ0) is 17.6. The highest BCUT2D eigenvalue weighted by molar-refractivity contribution is 5.47. The summed E-state index contributed by atoms with van der Waals surface area (Å²) in [6, 6.07) is 1.15. The van der Waals surface area contributed by atoms with Crippen LogP contribution in [-0.2, 0) is 6.42 Å². The molecular formula is C20H34N4O. The number of piperazine rings is 1. The van der Waals surface area contributed by atoms with Crippen LogP contribution in [0, 0.1) is 6.92 Å². The highest BCUT2D eigenvalue weighted by atomic mass is 16.3. The summed E-state index contributed by atoms with van der Waals surface area (Å²) in [5.41, 5.74) is 1.27. The van der Waals surface area contributed by atoms with E-state index in [2.05, 4.69) is 21.7 Å². The van der Waals surface area contributed by atoms with Gasteiger partial charge in [-0.05, 0) is 32.6 Å². The quantitative estimate of drug-likeness (QED) is 0.858. The summed E-state index contributed by atoms with van der Waals surface area (Å²) in [5.74, 6) is 1.98. The van der Waals surface area contributed by atoms with Crippen LogP contribution >= 0.6 is 0 Å². The van der Waals surface area contributed by atoms with Gasteiger partial charge in [0.15, 0.2) is 0 Å². The minimum atomic E-state index is 0.270. The van der Waals surface area contributed by atoms with Gasteiger partial charge in [-0.1, -0.05) is 32.6 Å². The highest BCUT2D eigenvalue weighted by Gasteiger charge is 2.33. The Kier molecular flexibility index (Phi) is 6.65. The minimum Gasteiger partial charge on any atom is -0.396 e. The van der Waals surface area contributed by atoms with Gasteiger partial charge in [-0.3, -0.25) is 4.90 Å². The first-order chi connectivity index (χ1) is 12.2. The molecule has 2 fully saturated rings. The third-order valence-electron chi connectivity index (χ3n) is 5.82. The van der Waals surface area contributed by atoms with E-state index in [9.17, 15) is 5.11 Å². The molecule has 1 aliphatic heterocycles. The van der Waals surface area contributed by atoms with E-state index in [1.165, 1.54) is 37.7 Å². The third kappa shape index (κ3) is 4.50. The molecule has 140 valence electrons. The van der Waals surface area contributed by atoms with Crippen LogP contribution in [0.1, 0.15) is 63.3 Å². The lowest BCUT2D eigenvalue weighted by Crippen LogP contribution is -2.57. The number of aryl methyl sites for hydroxylation is 2. The fourth-order valence-electron chi connectivity index (χ4n) is 4.56. The molecule has 0 radical (unpaired) electrons. The summed E-state index contributed by atoms with van der Waals surface area (Å²) in [4.78, 5) is 14.3. The predicted octanol–water partition coefficient (Wildman–Crippen LogP) is 2.94. The van der Waals surface area contributed by atoms with E-state index in [0.29, 0.717) is 6.04 Å². The van der Waals surface area contributed by atoms with Crippen LogP contribution in [0.15, 0.2) is 6.20 Å². The molecule has 5 heteroatoms. The first-order valence-electron chi connectivity index (χ1n) is 10.2. The molecule has 0 bridgehead atoms. The lowest BCUT2D eigenvalue weighted by molar-refractivity contribution is 0.0755. The Labute approximate surface area is 152 Å². The average molecular weight is 347 g/mol. The highest BCUT2D eigenvalue weighted by Crippen LogP contribution is 2.29. The van der Waals surface area contributed by atoms with Gasteiger partial charge in [0.25, 0.3) is 0 Å². The number of hydrogen-bond acceptors (Lipinski definition) is 5. The number of rotatable bonds is 6. The maximum Gasteiger partial charge on any atom is 0.135 e. The van der Waals surface area contributed by atoms with E-state index < -0.39 is 0 Å². The molecule has 0 spiro atoms. The zero-order valence-electron chi connectivity index (χ0n) is 16.0. The summed E-state index contributed by atoms with van der Waals surface area (Å²) >= 11 is 0. The van der Waals surface area contributed by atoms with E-state index in [4.69, 9.17) is 4.98 Å². The lowest BCUT2D eigenvalue weighted by Gasteiger charge is -2.47.